The first-order valence-electron chi connectivity index (χ1n) is 6.86. The van der Waals surface area contributed by atoms with Crippen LogP contribution in [-0.2, 0) is 0 Å². The first-order valence-corrected chi connectivity index (χ1v) is 7.65. The molecule has 0 saturated heterocycles. The lowest BCUT2D eigenvalue weighted by atomic mass is 10.1. The Hall–Kier alpha value is -1.80. The minimum Gasteiger partial charge on any atom is -0.333 e. The van der Waals surface area contributed by atoms with E-state index in [1.807, 2.05) is 0 Å². The number of hydrogen-bond donors (Lipinski definition) is 0. The predicted octanol–water partition coefficient (Wildman–Crippen LogP) is 5.61. The van der Waals surface area contributed by atoms with Gasteiger partial charge in [-0.2, -0.15) is 0 Å². The minimum atomic E-state index is 0.406. The highest BCUT2D eigenvalue weighted by molar-refractivity contribution is 9.10. The van der Waals surface area contributed by atoms with Crippen LogP contribution in [-0.4, -0.2) is 4.57 Å². The molecule has 1 atom stereocenters. The third-order valence-electron chi connectivity index (χ3n) is 3.96. The van der Waals surface area contributed by atoms with Crippen LogP contribution >= 0.6 is 15.9 Å². The fourth-order valence-electron chi connectivity index (χ4n) is 3.09. The lowest BCUT2D eigenvalue weighted by molar-refractivity contribution is 0.648. The molecular weight excluding hydrogens is 310 g/mol. The molecule has 0 saturated carbocycles. The van der Waals surface area contributed by atoms with Gasteiger partial charge in [0.25, 0.3) is 0 Å². The first-order chi connectivity index (χ1) is 9.84. The number of para-hydroxylation sites is 1. The van der Waals surface area contributed by atoms with E-state index in [4.69, 9.17) is 0 Å². The van der Waals surface area contributed by atoms with Crippen molar-refractivity contribution in [1.29, 1.82) is 0 Å². The molecule has 0 spiro atoms. The van der Waals surface area contributed by atoms with Gasteiger partial charge in [-0.3, -0.25) is 0 Å². The van der Waals surface area contributed by atoms with Gasteiger partial charge in [0.1, 0.15) is 0 Å². The van der Waals surface area contributed by atoms with Crippen LogP contribution in [0.15, 0.2) is 71.2 Å². The molecule has 2 heteroatoms. The third-order valence-corrected chi connectivity index (χ3v) is 4.45. The topological polar surface area (TPSA) is 4.93 Å². The average molecular weight is 324 g/mol. The summed E-state index contributed by atoms with van der Waals surface area (Å²) in [7, 11) is 0. The highest BCUT2D eigenvalue weighted by Gasteiger charge is 2.16. The maximum atomic E-state index is 3.59. The Morgan fingerprint density at radius 2 is 1.80 bits per heavy atom. The second-order valence-corrected chi connectivity index (χ2v) is 6.08. The van der Waals surface area contributed by atoms with Gasteiger partial charge in [0.05, 0.1) is 6.04 Å². The lowest BCUT2D eigenvalue weighted by Crippen LogP contribution is -2.06. The SMILES string of the molecule is Brc1ccc2c(c1)c1ccccc1n2C1C=CC=CC1. The summed E-state index contributed by atoms with van der Waals surface area (Å²) in [6.45, 7) is 0. The fraction of sp³-hybridized carbons (Fsp3) is 0.111. The molecule has 3 aromatic rings. The molecule has 0 amide bonds. The van der Waals surface area contributed by atoms with Gasteiger partial charge in [0.15, 0.2) is 0 Å². The Labute approximate surface area is 126 Å². The zero-order valence-corrected chi connectivity index (χ0v) is 12.5. The van der Waals surface area contributed by atoms with Crippen LogP contribution in [0, 0.1) is 0 Å². The number of allylic oxidation sites excluding steroid dienone is 4. The van der Waals surface area contributed by atoms with Crippen LogP contribution in [0.4, 0.5) is 0 Å². The Morgan fingerprint density at radius 1 is 0.950 bits per heavy atom. The van der Waals surface area contributed by atoms with E-state index in [0.717, 1.165) is 10.9 Å². The van der Waals surface area contributed by atoms with Gasteiger partial charge in [-0.15, -0.1) is 0 Å². The molecular formula is C18H14BrN. The number of benzene rings is 2. The number of hydrogen-bond acceptors (Lipinski definition) is 0. The molecule has 1 nitrogen and oxygen atoms in total. The second kappa shape index (κ2) is 4.64. The summed E-state index contributed by atoms with van der Waals surface area (Å²) < 4.78 is 3.59. The average Bonchev–Trinajstić information content (AvgIpc) is 2.82. The molecule has 0 fully saturated rings. The Morgan fingerprint density at radius 3 is 2.65 bits per heavy atom. The highest BCUT2D eigenvalue weighted by atomic mass is 79.9. The molecule has 4 rings (SSSR count). The molecule has 1 unspecified atom stereocenters. The monoisotopic (exact) mass is 323 g/mol. The summed E-state index contributed by atoms with van der Waals surface area (Å²) in [4.78, 5) is 0. The van der Waals surface area contributed by atoms with Crippen LogP contribution in [0.25, 0.3) is 21.8 Å². The van der Waals surface area contributed by atoms with Crippen molar-refractivity contribution in [2.45, 2.75) is 12.5 Å². The van der Waals surface area contributed by atoms with Crippen LogP contribution in [0.5, 0.6) is 0 Å². The molecule has 1 aliphatic carbocycles. The van der Waals surface area contributed by atoms with Crippen molar-refractivity contribution in [3.63, 3.8) is 0 Å². The van der Waals surface area contributed by atoms with Crippen molar-refractivity contribution >= 4 is 37.7 Å². The molecule has 0 N–H and O–H groups in total. The zero-order valence-electron chi connectivity index (χ0n) is 11.0. The van der Waals surface area contributed by atoms with Gasteiger partial charge in [0, 0.05) is 26.3 Å². The Balaban J connectivity index is 2.10. The Kier molecular flexibility index (Phi) is 2.78. The molecule has 0 aliphatic heterocycles. The maximum absolute atomic E-state index is 3.59. The minimum absolute atomic E-state index is 0.406. The van der Waals surface area contributed by atoms with E-state index < -0.39 is 0 Å². The van der Waals surface area contributed by atoms with Gasteiger partial charge in [0.2, 0.25) is 0 Å². The van der Waals surface area contributed by atoms with Crippen molar-refractivity contribution in [1.82, 2.24) is 4.57 Å². The summed E-state index contributed by atoms with van der Waals surface area (Å²) in [6, 6.07) is 15.6. The van der Waals surface area contributed by atoms with E-state index in [1.54, 1.807) is 0 Å². The van der Waals surface area contributed by atoms with E-state index in [2.05, 4.69) is 87.3 Å². The molecule has 1 aliphatic rings. The molecule has 1 heterocycles. The van der Waals surface area contributed by atoms with E-state index in [0.29, 0.717) is 6.04 Å². The molecule has 2 aromatic carbocycles. The normalized spacial score (nSPS) is 18.1. The van der Waals surface area contributed by atoms with Crippen LogP contribution in [0.2, 0.25) is 0 Å². The second-order valence-electron chi connectivity index (χ2n) is 5.16. The zero-order chi connectivity index (χ0) is 13.5. The number of halogens is 1. The summed E-state index contributed by atoms with van der Waals surface area (Å²) >= 11 is 3.59. The standard InChI is InChI=1S/C18H14BrN/c19-13-10-11-18-16(12-13)15-8-4-5-9-17(15)20(18)14-6-2-1-3-7-14/h1-6,8-12,14H,7H2. The van der Waals surface area contributed by atoms with Crippen LogP contribution < -0.4 is 0 Å². The molecule has 0 radical (unpaired) electrons. The van der Waals surface area contributed by atoms with E-state index in [9.17, 15) is 0 Å². The van der Waals surface area contributed by atoms with Crippen molar-refractivity contribution < 1.29 is 0 Å². The van der Waals surface area contributed by atoms with Gasteiger partial charge in [-0.05, 0) is 30.7 Å². The van der Waals surface area contributed by atoms with Gasteiger partial charge in [-0.25, -0.2) is 0 Å². The van der Waals surface area contributed by atoms with Crippen LogP contribution in [0.3, 0.4) is 0 Å². The largest absolute Gasteiger partial charge is 0.333 e. The first kappa shape index (κ1) is 12.0. The Bertz CT molecular complexity index is 854. The fourth-order valence-corrected chi connectivity index (χ4v) is 3.45. The summed E-state index contributed by atoms with van der Waals surface area (Å²) in [5.74, 6) is 0. The van der Waals surface area contributed by atoms with Crippen molar-refractivity contribution in [2.75, 3.05) is 0 Å². The van der Waals surface area contributed by atoms with Gasteiger partial charge in [-0.1, -0.05) is 58.4 Å². The van der Waals surface area contributed by atoms with Gasteiger partial charge < -0.3 is 4.57 Å². The van der Waals surface area contributed by atoms with Crippen molar-refractivity contribution in [3.8, 4) is 0 Å². The quantitative estimate of drug-likeness (QED) is 0.548. The lowest BCUT2D eigenvalue weighted by Gasteiger charge is -2.18. The number of aromatic nitrogens is 1. The van der Waals surface area contributed by atoms with Crippen molar-refractivity contribution in [2.24, 2.45) is 0 Å². The maximum Gasteiger partial charge on any atom is 0.0560 e. The number of rotatable bonds is 1. The van der Waals surface area contributed by atoms with Crippen LogP contribution in [0.1, 0.15) is 12.5 Å². The summed E-state index contributed by atoms with van der Waals surface area (Å²) in [5.41, 5.74) is 2.62. The third kappa shape index (κ3) is 1.75. The van der Waals surface area contributed by atoms with Gasteiger partial charge >= 0.3 is 0 Å². The van der Waals surface area contributed by atoms with Crippen molar-refractivity contribution in [3.05, 3.63) is 71.2 Å². The molecule has 98 valence electrons. The number of nitrogens with zero attached hydrogens (tertiary/aromatic N) is 1. The van der Waals surface area contributed by atoms with E-state index in [-0.39, 0.29) is 0 Å². The number of fused-ring (bicyclic) bond motifs is 3. The van der Waals surface area contributed by atoms with E-state index >= 15 is 0 Å². The molecule has 0 bridgehead atoms. The highest BCUT2D eigenvalue weighted by Crippen LogP contribution is 2.35. The molecule has 1 aromatic heterocycles. The summed E-state index contributed by atoms with van der Waals surface area (Å²) in [6.07, 6.45) is 9.85. The summed E-state index contributed by atoms with van der Waals surface area (Å²) in [5, 5.41) is 2.64. The smallest absolute Gasteiger partial charge is 0.0560 e. The predicted molar refractivity (Wildman–Crippen MR) is 89.1 cm³/mol. The van der Waals surface area contributed by atoms with E-state index in [1.165, 1.54) is 21.8 Å². The molecule has 20 heavy (non-hydrogen) atoms.